The van der Waals surface area contributed by atoms with Crippen molar-refractivity contribution >= 4 is 16.9 Å². The Morgan fingerprint density at radius 2 is 1.48 bits per heavy atom. The molecule has 6 nitrogen and oxygen atoms in total. The van der Waals surface area contributed by atoms with E-state index in [2.05, 4.69) is 16.0 Å². The first-order valence-electron chi connectivity index (χ1n) is 10.4. The van der Waals surface area contributed by atoms with Gasteiger partial charge in [0.25, 0.3) is 5.91 Å². The van der Waals surface area contributed by atoms with Gasteiger partial charge in [0.15, 0.2) is 6.61 Å². The number of nitrogens with zero attached hydrogens (tertiary/aromatic N) is 2. The minimum absolute atomic E-state index is 0.00859. The quantitative estimate of drug-likeness (QED) is 0.427. The number of hydrogen-bond acceptors (Lipinski definition) is 4. The summed E-state index contributed by atoms with van der Waals surface area (Å²) in [4.78, 5) is 16.9. The van der Waals surface area contributed by atoms with Crippen LogP contribution in [0.25, 0.3) is 11.0 Å². The molecule has 0 spiro atoms. The van der Waals surface area contributed by atoms with Gasteiger partial charge in [0.05, 0.1) is 17.6 Å². The fourth-order valence-corrected chi connectivity index (χ4v) is 3.37. The summed E-state index contributed by atoms with van der Waals surface area (Å²) in [5.41, 5.74) is 2.00. The second-order valence-corrected chi connectivity index (χ2v) is 7.03. The molecule has 0 fully saturated rings. The zero-order chi connectivity index (χ0) is 21.3. The SMILES string of the molecule is O=C(COc1ccccc1)NCCc1nc2ccccc2n1CCOc1ccccc1. The number of aromatic nitrogens is 2. The fraction of sp³-hybridized carbons (Fsp3) is 0.200. The van der Waals surface area contributed by atoms with E-state index in [1.54, 1.807) is 0 Å². The third kappa shape index (κ3) is 5.63. The largest absolute Gasteiger partial charge is 0.492 e. The zero-order valence-electron chi connectivity index (χ0n) is 17.2. The first-order chi connectivity index (χ1) is 15.3. The molecular formula is C25H25N3O3. The summed E-state index contributed by atoms with van der Waals surface area (Å²) in [6.07, 6.45) is 0.622. The average molecular weight is 415 g/mol. The highest BCUT2D eigenvalue weighted by molar-refractivity contribution is 5.77. The van der Waals surface area contributed by atoms with Crippen molar-refractivity contribution in [3.63, 3.8) is 0 Å². The van der Waals surface area contributed by atoms with Crippen LogP contribution in [0.4, 0.5) is 0 Å². The predicted molar refractivity (Wildman–Crippen MR) is 120 cm³/mol. The van der Waals surface area contributed by atoms with Crippen molar-refractivity contribution < 1.29 is 14.3 Å². The maximum Gasteiger partial charge on any atom is 0.257 e. The van der Waals surface area contributed by atoms with Gasteiger partial charge in [0.2, 0.25) is 0 Å². The minimum Gasteiger partial charge on any atom is -0.492 e. The molecule has 0 aliphatic heterocycles. The van der Waals surface area contributed by atoms with Crippen molar-refractivity contribution in [2.75, 3.05) is 19.8 Å². The van der Waals surface area contributed by atoms with Gasteiger partial charge in [0, 0.05) is 13.0 Å². The normalized spacial score (nSPS) is 10.7. The number of carbonyl (C=O) groups excluding carboxylic acids is 1. The molecule has 4 aromatic rings. The van der Waals surface area contributed by atoms with Gasteiger partial charge in [-0.25, -0.2) is 4.98 Å². The highest BCUT2D eigenvalue weighted by atomic mass is 16.5. The number of fused-ring (bicyclic) bond motifs is 1. The summed E-state index contributed by atoms with van der Waals surface area (Å²) in [6, 6.07) is 27.1. The molecular weight excluding hydrogens is 390 g/mol. The second-order valence-electron chi connectivity index (χ2n) is 7.03. The lowest BCUT2D eigenvalue weighted by atomic mass is 10.3. The topological polar surface area (TPSA) is 65.4 Å². The van der Waals surface area contributed by atoms with Crippen LogP contribution in [-0.2, 0) is 17.8 Å². The maximum absolute atomic E-state index is 12.1. The zero-order valence-corrected chi connectivity index (χ0v) is 17.2. The van der Waals surface area contributed by atoms with E-state index >= 15 is 0 Å². The molecule has 31 heavy (non-hydrogen) atoms. The van der Waals surface area contributed by atoms with E-state index < -0.39 is 0 Å². The molecule has 4 rings (SSSR count). The highest BCUT2D eigenvalue weighted by Gasteiger charge is 2.11. The van der Waals surface area contributed by atoms with Crippen molar-refractivity contribution in [3.05, 3.63) is 90.8 Å². The van der Waals surface area contributed by atoms with Crippen LogP contribution in [0.3, 0.4) is 0 Å². The molecule has 0 unspecified atom stereocenters. The van der Waals surface area contributed by atoms with Crippen LogP contribution in [0, 0.1) is 0 Å². The van der Waals surface area contributed by atoms with Crippen molar-refractivity contribution in [3.8, 4) is 11.5 Å². The summed E-state index contributed by atoms with van der Waals surface area (Å²) in [5.74, 6) is 2.29. The Hall–Kier alpha value is -3.80. The van der Waals surface area contributed by atoms with Gasteiger partial charge in [-0.3, -0.25) is 4.79 Å². The van der Waals surface area contributed by atoms with Gasteiger partial charge >= 0.3 is 0 Å². The van der Waals surface area contributed by atoms with E-state index in [9.17, 15) is 4.79 Å². The number of nitrogens with one attached hydrogen (secondary N) is 1. The third-order valence-electron chi connectivity index (χ3n) is 4.84. The predicted octanol–water partition coefficient (Wildman–Crippen LogP) is 3.85. The molecule has 0 aliphatic rings. The Bertz CT molecular complexity index is 1110. The van der Waals surface area contributed by atoms with E-state index in [0.29, 0.717) is 31.9 Å². The van der Waals surface area contributed by atoms with Crippen LogP contribution in [0.1, 0.15) is 5.82 Å². The highest BCUT2D eigenvalue weighted by Crippen LogP contribution is 2.17. The number of ether oxygens (including phenoxy) is 2. The summed E-state index contributed by atoms with van der Waals surface area (Å²) >= 11 is 0. The molecule has 0 radical (unpaired) electrons. The number of carbonyl (C=O) groups is 1. The lowest BCUT2D eigenvalue weighted by Gasteiger charge is -2.11. The Kier molecular flexibility index (Phi) is 6.80. The number of rotatable bonds is 10. The van der Waals surface area contributed by atoms with E-state index in [4.69, 9.17) is 14.5 Å². The van der Waals surface area contributed by atoms with Gasteiger partial charge in [-0.15, -0.1) is 0 Å². The number of hydrogen-bond donors (Lipinski definition) is 1. The van der Waals surface area contributed by atoms with E-state index in [1.807, 2.05) is 78.9 Å². The minimum atomic E-state index is -0.154. The second kappa shape index (κ2) is 10.3. The smallest absolute Gasteiger partial charge is 0.257 e. The van der Waals surface area contributed by atoms with Crippen molar-refractivity contribution in [2.45, 2.75) is 13.0 Å². The Morgan fingerprint density at radius 1 is 0.839 bits per heavy atom. The van der Waals surface area contributed by atoms with Gasteiger partial charge in [-0.1, -0.05) is 48.5 Å². The summed E-state index contributed by atoms with van der Waals surface area (Å²) < 4.78 is 13.5. The third-order valence-corrected chi connectivity index (χ3v) is 4.84. The number of para-hydroxylation sites is 4. The molecule has 3 aromatic carbocycles. The van der Waals surface area contributed by atoms with Crippen molar-refractivity contribution in [2.24, 2.45) is 0 Å². The number of amides is 1. The molecule has 1 N–H and O–H groups in total. The Morgan fingerprint density at radius 3 is 2.23 bits per heavy atom. The summed E-state index contributed by atoms with van der Waals surface area (Å²) in [7, 11) is 0. The molecule has 0 aliphatic carbocycles. The average Bonchev–Trinajstić information content (AvgIpc) is 3.16. The molecule has 158 valence electrons. The van der Waals surface area contributed by atoms with Crippen LogP contribution >= 0.6 is 0 Å². The van der Waals surface area contributed by atoms with Crippen molar-refractivity contribution in [1.82, 2.24) is 14.9 Å². The first kappa shape index (κ1) is 20.5. The van der Waals surface area contributed by atoms with Gasteiger partial charge in [-0.05, 0) is 36.4 Å². The van der Waals surface area contributed by atoms with Gasteiger partial charge < -0.3 is 19.4 Å². The van der Waals surface area contributed by atoms with Crippen LogP contribution in [0.15, 0.2) is 84.9 Å². The van der Waals surface area contributed by atoms with E-state index in [-0.39, 0.29) is 12.5 Å². The van der Waals surface area contributed by atoms with Gasteiger partial charge in [-0.2, -0.15) is 0 Å². The van der Waals surface area contributed by atoms with Crippen LogP contribution in [0.5, 0.6) is 11.5 Å². The lowest BCUT2D eigenvalue weighted by molar-refractivity contribution is -0.123. The molecule has 6 heteroatoms. The fourth-order valence-electron chi connectivity index (χ4n) is 3.37. The van der Waals surface area contributed by atoms with Crippen LogP contribution in [0.2, 0.25) is 0 Å². The number of imidazole rings is 1. The standard InChI is InChI=1S/C25H25N3O3/c29-25(19-31-21-11-5-2-6-12-21)26-16-15-24-27-22-13-7-8-14-23(22)28(24)17-18-30-20-9-3-1-4-10-20/h1-14H,15-19H2,(H,26,29). The van der Waals surface area contributed by atoms with Gasteiger partial charge in [0.1, 0.15) is 23.9 Å². The molecule has 0 bridgehead atoms. The molecule has 1 amide bonds. The Labute approximate surface area is 181 Å². The number of benzene rings is 3. The summed E-state index contributed by atoms with van der Waals surface area (Å²) in [5, 5.41) is 2.91. The maximum atomic E-state index is 12.1. The summed E-state index contributed by atoms with van der Waals surface area (Å²) in [6.45, 7) is 1.69. The van der Waals surface area contributed by atoms with E-state index in [1.165, 1.54) is 0 Å². The van der Waals surface area contributed by atoms with Crippen molar-refractivity contribution in [1.29, 1.82) is 0 Å². The first-order valence-corrected chi connectivity index (χ1v) is 10.4. The monoisotopic (exact) mass is 415 g/mol. The molecule has 1 heterocycles. The molecule has 0 saturated heterocycles. The molecule has 0 saturated carbocycles. The van der Waals surface area contributed by atoms with Crippen LogP contribution in [-0.4, -0.2) is 35.2 Å². The molecule has 0 atom stereocenters. The van der Waals surface area contributed by atoms with Crippen LogP contribution < -0.4 is 14.8 Å². The molecule has 1 aromatic heterocycles. The lowest BCUT2D eigenvalue weighted by Crippen LogP contribution is -2.31. The van der Waals surface area contributed by atoms with E-state index in [0.717, 1.165) is 22.6 Å². The Balaban J connectivity index is 1.33.